The molecule has 5 unspecified atom stereocenters. The van der Waals surface area contributed by atoms with E-state index in [1.54, 1.807) is 24.6 Å². The van der Waals surface area contributed by atoms with Crippen LogP contribution in [0.15, 0.2) is 47.6 Å². The van der Waals surface area contributed by atoms with Gasteiger partial charge in [-0.2, -0.15) is 0 Å². The van der Waals surface area contributed by atoms with Crippen molar-refractivity contribution < 1.29 is 18.8 Å². The SMILES string of the molecule is C=C1/C(=C\C=C2/CCC[C@@]3(C)C2CCC3[C@H](C)/C=C/C(O)C2(C(=O)N(C)C)CC2)CC(O[Si](C)(C)C(C)(C)C)CC1O[Si](C)(C)C(C)(C)C. The van der Waals surface area contributed by atoms with Crippen LogP contribution in [0.3, 0.4) is 0 Å². The van der Waals surface area contributed by atoms with E-state index < -0.39 is 28.2 Å². The summed E-state index contributed by atoms with van der Waals surface area (Å²) in [5.41, 5.74) is 3.68. The van der Waals surface area contributed by atoms with Crippen LogP contribution in [0.1, 0.15) is 113 Å². The zero-order chi connectivity index (χ0) is 37.0. The molecule has 1 amide bonds. The molecule has 0 spiro atoms. The van der Waals surface area contributed by atoms with E-state index in [4.69, 9.17) is 8.85 Å². The highest BCUT2D eigenvalue weighted by atomic mass is 28.4. The second kappa shape index (κ2) is 14.3. The molecule has 4 aliphatic rings. The number of hydrogen-bond donors (Lipinski definition) is 1. The van der Waals surface area contributed by atoms with Crippen molar-refractivity contribution >= 4 is 22.5 Å². The third kappa shape index (κ3) is 8.37. The molecule has 7 heteroatoms. The summed E-state index contributed by atoms with van der Waals surface area (Å²) in [6.07, 6.45) is 17.8. The topological polar surface area (TPSA) is 59.0 Å². The smallest absolute Gasteiger partial charge is 0.231 e. The van der Waals surface area contributed by atoms with E-state index in [2.05, 4.69) is 106 Å². The Kier molecular flexibility index (Phi) is 11.8. The van der Waals surface area contributed by atoms with Gasteiger partial charge in [0.2, 0.25) is 5.91 Å². The fourth-order valence-corrected chi connectivity index (χ4v) is 11.4. The van der Waals surface area contributed by atoms with Gasteiger partial charge in [-0.05, 0) is 122 Å². The number of rotatable bonds is 10. The van der Waals surface area contributed by atoms with Crippen molar-refractivity contribution in [2.75, 3.05) is 14.1 Å². The van der Waals surface area contributed by atoms with Crippen molar-refractivity contribution in [1.29, 1.82) is 0 Å². The van der Waals surface area contributed by atoms with Gasteiger partial charge in [0.15, 0.2) is 16.6 Å². The fraction of sp³-hybridized carbons (Fsp3) is 0.786. The Morgan fingerprint density at radius 1 is 0.959 bits per heavy atom. The number of aliphatic hydroxyl groups excluding tert-OH is 1. The molecular formula is C42H73NO4Si2. The Morgan fingerprint density at radius 2 is 1.55 bits per heavy atom. The molecule has 5 nitrogen and oxygen atoms in total. The molecule has 4 saturated carbocycles. The summed E-state index contributed by atoms with van der Waals surface area (Å²) in [5.74, 6) is 1.54. The minimum Gasteiger partial charge on any atom is -0.413 e. The molecule has 278 valence electrons. The third-order valence-electron chi connectivity index (χ3n) is 14.2. The van der Waals surface area contributed by atoms with E-state index >= 15 is 0 Å². The zero-order valence-electron chi connectivity index (χ0n) is 34.0. The Morgan fingerprint density at radius 3 is 2.10 bits per heavy atom. The van der Waals surface area contributed by atoms with Gasteiger partial charge in [0.05, 0.1) is 23.7 Å². The van der Waals surface area contributed by atoms with Gasteiger partial charge in [0, 0.05) is 20.5 Å². The van der Waals surface area contributed by atoms with E-state index in [-0.39, 0.29) is 33.6 Å². The standard InChI is InChI=1S/C42H73NO4Si2/c1-29(18-23-37(44)42(25-26-42)38(45)43(10)11)34-21-22-35-31(17-16-24-41(34,35)9)19-20-32-27-33(46-48(12,13)39(3,4)5)28-36(30(32)2)47-49(14,15)40(6,7)8/h18-20,23,29,33-37,44H,2,16-17,21-22,24-28H2,1,3-15H3/b23-18+,31-19+,32-20-/t29-,33?,34?,35?,36?,37?,41-/m1/s1. The molecule has 0 aliphatic heterocycles. The lowest BCUT2D eigenvalue weighted by molar-refractivity contribution is -0.137. The number of aliphatic hydroxyl groups is 1. The van der Waals surface area contributed by atoms with Crippen LogP contribution in [0.4, 0.5) is 0 Å². The van der Waals surface area contributed by atoms with Crippen LogP contribution >= 0.6 is 0 Å². The van der Waals surface area contributed by atoms with E-state index in [1.165, 1.54) is 31.3 Å². The van der Waals surface area contributed by atoms with Gasteiger partial charge in [-0.25, -0.2) is 0 Å². The van der Waals surface area contributed by atoms with Crippen molar-refractivity contribution in [3.63, 3.8) is 0 Å². The second-order valence-corrected chi connectivity index (χ2v) is 29.4. The van der Waals surface area contributed by atoms with Gasteiger partial charge in [0.1, 0.15) is 0 Å². The first-order chi connectivity index (χ1) is 22.4. The van der Waals surface area contributed by atoms with Crippen LogP contribution in [-0.2, 0) is 13.6 Å². The van der Waals surface area contributed by atoms with E-state index in [0.29, 0.717) is 17.8 Å². The largest absolute Gasteiger partial charge is 0.413 e. The van der Waals surface area contributed by atoms with Gasteiger partial charge in [-0.15, -0.1) is 0 Å². The third-order valence-corrected chi connectivity index (χ3v) is 23.2. The van der Waals surface area contributed by atoms with Gasteiger partial charge in [0.25, 0.3) is 0 Å². The van der Waals surface area contributed by atoms with Crippen LogP contribution in [-0.4, -0.2) is 65.0 Å². The molecule has 0 aromatic heterocycles. The summed E-state index contributed by atoms with van der Waals surface area (Å²) in [6.45, 7) is 32.9. The Bertz CT molecular complexity index is 1320. The molecule has 1 N–H and O–H groups in total. The van der Waals surface area contributed by atoms with Crippen molar-refractivity contribution in [1.82, 2.24) is 4.90 Å². The molecule has 0 radical (unpaired) electrons. The highest BCUT2D eigenvalue weighted by Crippen LogP contribution is 2.60. The first kappa shape index (κ1) is 40.5. The number of nitrogens with zero attached hydrogens (tertiary/aromatic N) is 1. The molecule has 0 heterocycles. The predicted molar refractivity (Wildman–Crippen MR) is 212 cm³/mol. The van der Waals surface area contributed by atoms with Crippen molar-refractivity contribution in [3.8, 4) is 0 Å². The molecule has 7 atom stereocenters. The lowest BCUT2D eigenvalue weighted by Gasteiger charge is -2.45. The Hall–Kier alpha value is -1.26. The highest BCUT2D eigenvalue weighted by molar-refractivity contribution is 6.74. The van der Waals surface area contributed by atoms with Crippen molar-refractivity contribution in [2.24, 2.45) is 28.6 Å². The van der Waals surface area contributed by atoms with Gasteiger partial charge >= 0.3 is 0 Å². The normalized spacial score (nSPS) is 32.4. The highest BCUT2D eigenvalue weighted by Gasteiger charge is 2.56. The summed E-state index contributed by atoms with van der Waals surface area (Å²) in [6, 6.07) is 0. The number of fused-ring (bicyclic) bond motifs is 1. The maximum absolute atomic E-state index is 12.8. The van der Waals surface area contributed by atoms with Gasteiger partial charge < -0.3 is 18.9 Å². The zero-order valence-corrected chi connectivity index (χ0v) is 36.0. The molecule has 0 aromatic carbocycles. The number of carbonyl (C=O) groups excluding carboxylic acids is 1. The number of allylic oxidation sites excluding steroid dienone is 4. The second-order valence-electron chi connectivity index (χ2n) is 19.9. The molecule has 0 aromatic rings. The quantitative estimate of drug-likeness (QED) is 0.181. The predicted octanol–water partition coefficient (Wildman–Crippen LogP) is 10.6. The van der Waals surface area contributed by atoms with Crippen LogP contribution in [0.25, 0.3) is 0 Å². The minimum atomic E-state index is -2.01. The molecule has 0 bridgehead atoms. The van der Waals surface area contributed by atoms with Crippen LogP contribution in [0.2, 0.25) is 36.3 Å². The van der Waals surface area contributed by atoms with Crippen molar-refractivity contribution in [2.45, 2.75) is 168 Å². The van der Waals surface area contributed by atoms with E-state index in [9.17, 15) is 9.90 Å². The van der Waals surface area contributed by atoms with Crippen LogP contribution in [0, 0.1) is 28.6 Å². The monoisotopic (exact) mass is 712 g/mol. The summed E-state index contributed by atoms with van der Waals surface area (Å²) in [4.78, 5) is 14.4. The lowest BCUT2D eigenvalue weighted by Crippen LogP contribution is -2.49. The maximum atomic E-state index is 12.8. The molecule has 4 fully saturated rings. The number of carbonyl (C=O) groups is 1. The fourth-order valence-electron chi connectivity index (χ4n) is 8.72. The molecule has 4 rings (SSSR count). The molecule has 4 aliphatic carbocycles. The molecule has 49 heavy (non-hydrogen) atoms. The maximum Gasteiger partial charge on any atom is 0.231 e. The Balaban J connectivity index is 1.56. The van der Waals surface area contributed by atoms with E-state index in [0.717, 1.165) is 37.7 Å². The van der Waals surface area contributed by atoms with Gasteiger partial charge in [-0.3, -0.25) is 4.79 Å². The van der Waals surface area contributed by atoms with Crippen molar-refractivity contribution in [3.05, 3.63) is 47.6 Å². The van der Waals surface area contributed by atoms with Crippen LogP contribution < -0.4 is 0 Å². The number of hydrogen-bond acceptors (Lipinski definition) is 4. The Labute approximate surface area is 303 Å². The first-order valence-electron chi connectivity index (χ1n) is 19.4. The summed E-state index contributed by atoms with van der Waals surface area (Å²) >= 11 is 0. The summed E-state index contributed by atoms with van der Waals surface area (Å²) < 4.78 is 14.2. The first-order valence-corrected chi connectivity index (χ1v) is 25.2. The summed E-state index contributed by atoms with van der Waals surface area (Å²) in [5, 5.41) is 11.4. The van der Waals surface area contributed by atoms with Crippen LogP contribution in [0.5, 0.6) is 0 Å². The molecular weight excluding hydrogens is 639 g/mol. The summed E-state index contributed by atoms with van der Waals surface area (Å²) in [7, 11) is -0.389. The minimum absolute atomic E-state index is 0.00710. The average molecular weight is 712 g/mol. The lowest BCUT2D eigenvalue weighted by atomic mass is 9.61. The average Bonchev–Trinajstić information content (AvgIpc) is 3.70. The molecule has 0 saturated heterocycles. The van der Waals surface area contributed by atoms with E-state index in [1.807, 2.05) is 6.08 Å². The van der Waals surface area contributed by atoms with Gasteiger partial charge in [-0.1, -0.05) is 91.8 Å². The number of amides is 1.